The second-order valence-electron chi connectivity index (χ2n) is 10.2. The first-order chi connectivity index (χ1) is 21.3. The van der Waals surface area contributed by atoms with Gasteiger partial charge in [-0.15, -0.1) is 0 Å². The number of ether oxygens (including phenoxy) is 3. The van der Waals surface area contributed by atoms with Gasteiger partial charge in [-0.25, -0.2) is 4.57 Å². The molecule has 0 aliphatic rings. The Labute approximate surface area is 265 Å². The zero-order valence-electron chi connectivity index (χ0n) is 25.7. The molecular formula is C31H45ClNO10P. The Kier molecular flexibility index (Phi) is 18.9. The summed E-state index contributed by atoms with van der Waals surface area (Å²) < 4.78 is 46.3. The minimum atomic E-state index is -4.12. The highest BCUT2D eigenvalue weighted by atomic mass is 35.5. The summed E-state index contributed by atoms with van der Waals surface area (Å²) in [4.78, 5) is 21.5. The number of methoxy groups -OCH3 is 2. The lowest BCUT2D eigenvalue weighted by molar-refractivity contribution is -0.384. The molecule has 0 N–H and O–H groups in total. The number of benzene rings is 2. The fourth-order valence-electron chi connectivity index (χ4n) is 4.18. The summed E-state index contributed by atoms with van der Waals surface area (Å²) in [6.45, 7) is 0.697. The number of esters is 1. The van der Waals surface area contributed by atoms with Crippen LogP contribution in [-0.2, 0) is 39.0 Å². The molecule has 2 unspecified atom stereocenters. The Morgan fingerprint density at radius 3 is 2.11 bits per heavy atom. The van der Waals surface area contributed by atoms with E-state index in [0.29, 0.717) is 19.4 Å². The maximum atomic E-state index is 13.6. The first kappa shape index (κ1) is 37.7. The first-order valence-electron chi connectivity index (χ1n) is 15.0. The third-order valence-electron chi connectivity index (χ3n) is 6.79. The van der Waals surface area contributed by atoms with Gasteiger partial charge in [-0.05, 0) is 37.0 Å². The summed E-state index contributed by atoms with van der Waals surface area (Å²) >= 11 is 6.20. The van der Waals surface area contributed by atoms with Crippen molar-refractivity contribution in [3.05, 3.63) is 69.2 Å². The first-order valence-corrected chi connectivity index (χ1v) is 16.8. The number of carbonyl (C=O) groups excluding carboxylic acids is 1. The van der Waals surface area contributed by atoms with E-state index in [1.165, 1.54) is 45.6 Å². The number of phosphoric ester groups is 1. The average Bonchev–Trinajstić information content (AvgIpc) is 3.02. The van der Waals surface area contributed by atoms with Crippen molar-refractivity contribution >= 4 is 31.1 Å². The van der Waals surface area contributed by atoms with Crippen molar-refractivity contribution < 1.29 is 42.1 Å². The van der Waals surface area contributed by atoms with E-state index >= 15 is 0 Å². The molecule has 0 aromatic heterocycles. The molecule has 0 aliphatic heterocycles. The number of non-ortho nitro benzene ring substituents is 1. The molecule has 246 valence electrons. The molecule has 0 bridgehead atoms. The number of nitro benzene ring substituents is 1. The van der Waals surface area contributed by atoms with Crippen LogP contribution in [0.5, 0.6) is 5.75 Å². The molecule has 0 saturated heterocycles. The van der Waals surface area contributed by atoms with Gasteiger partial charge in [-0.2, -0.15) is 0 Å². The lowest BCUT2D eigenvalue weighted by Gasteiger charge is -2.22. The molecule has 0 heterocycles. The molecule has 0 radical (unpaired) electrons. The van der Waals surface area contributed by atoms with Gasteiger partial charge in [0.25, 0.3) is 5.69 Å². The van der Waals surface area contributed by atoms with E-state index < -0.39 is 18.8 Å². The molecule has 2 atom stereocenters. The van der Waals surface area contributed by atoms with Crippen LogP contribution in [0.3, 0.4) is 0 Å². The summed E-state index contributed by atoms with van der Waals surface area (Å²) in [5, 5.41) is 11.1. The molecule has 0 saturated carbocycles. The van der Waals surface area contributed by atoms with Crippen molar-refractivity contribution in [1.82, 2.24) is 0 Å². The smallest absolute Gasteiger partial charge is 0.469 e. The second-order valence-corrected chi connectivity index (χ2v) is 12.2. The lowest BCUT2D eigenvalue weighted by atomic mass is 10.1. The molecule has 11 nitrogen and oxygen atoms in total. The van der Waals surface area contributed by atoms with Crippen molar-refractivity contribution in [3.63, 3.8) is 0 Å². The van der Waals surface area contributed by atoms with E-state index in [2.05, 4.69) is 4.74 Å². The minimum absolute atomic E-state index is 0.0182. The standard InChI is InChI=1S/C31H45ClNO10P/c1-38-28(24-40-22-13-9-7-5-3-4-6-8-10-16-31(34)39-2)25-42-44(37,43-30-15-12-11-14-29(30)32)41-23-21-26-17-19-27(20-18-26)33(35)36/h11-12,14-15,17-20,28H,3-10,13,16,21-25H2,1-2H3. The molecule has 2 aromatic rings. The minimum Gasteiger partial charge on any atom is -0.469 e. The van der Waals surface area contributed by atoms with E-state index in [4.69, 9.17) is 34.6 Å². The maximum absolute atomic E-state index is 13.6. The van der Waals surface area contributed by atoms with Crippen LogP contribution in [0.4, 0.5) is 5.69 Å². The number of hydrogen-bond acceptors (Lipinski definition) is 10. The van der Waals surface area contributed by atoms with Crippen LogP contribution in [-0.4, -0.2) is 57.6 Å². The normalized spacial score (nSPS) is 13.2. The summed E-state index contributed by atoms with van der Waals surface area (Å²) in [5.41, 5.74) is 0.742. The Hall–Kier alpha value is -2.53. The number of nitro groups is 1. The fourth-order valence-corrected chi connectivity index (χ4v) is 5.65. The van der Waals surface area contributed by atoms with Crippen LogP contribution in [0.2, 0.25) is 5.02 Å². The Morgan fingerprint density at radius 1 is 0.864 bits per heavy atom. The van der Waals surface area contributed by atoms with Gasteiger partial charge >= 0.3 is 13.8 Å². The predicted octanol–water partition coefficient (Wildman–Crippen LogP) is 8.12. The summed E-state index contributed by atoms with van der Waals surface area (Å²) in [6, 6.07) is 12.6. The highest BCUT2D eigenvalue weighted by Gasteiger charge is 2.31. The van der Waals surface area contributed by atoms with Crippen LogP contribution >= 0.6 is 19.4 Å². The summed E-state index contributed by atoms with van der Waals surface area (Å²) in [7, 11) is -1.19. The summed E-state index contributed by atoms with van der Waals surface area (Å²) in [5.74, 6) is 0.0124. The molecule has 2 rings (SSSR count). The average molecular weight is 658 g/mol. The van der Waals surface area contributed by atoms with Gasteiger partial charge in [0.05, 0.1) is 36.9 Å². The molecule has 44 heavy (non-hydrogen) atoms. The van der Waals surface area contributed by atoms with Gasteiger partial charge in [0.2, 0.25) is 0 Å². The molecular weight excluding hydrogens is 613 g/mol. The molecule has 0 spiro atoms. The van der Waals surface area contributed by atoms with Crippen molar-refractivity contribution in [3.8, 4) is 5.75 Å². The van der Waals surface area contributed by atoms with E-state index in [9.17, 15) is 19.5 Å². The van der Waals surface area contributed by atoms with Crippen LogP contribution in [0.25, 0.3) is 0 Å². The predicted molar refractivity (Wildman–Crippen MR) is 168 cm³/mol. The van der Waals surface area contributed by atoms with Crippen LogP contribution in [0, 0.1) is 10.1 Å². The molecule has 13 heteroatoms. The summed E-state index contributed by atoms with van der Waals surface area (Å²) in [6.07, 6.45) is 10.1. The quantitative estimate of drug-likeness (QED) is 0.0339. The van der Waals surface area contributed by atoms with Crippen molar-refractivity contribution in [1.29, 1.82) is 0 Å². The van der Waals surface area contributed by atoms with Crippen LogP contribution in [0.1, 0.15) is 69.8 Å². The number of carbonyl (C=O) groups is 1. The second kappa shape index (κ2) is 22.1. The van der Waals surface area contributed by atoms with E-state index in [0.717, 1.165) is 44.1 Å². The molecule has 2 aromatic carbocycles. The zero-order valence-corrected chi connectivity index (χ0v) is 27.3. The number of nitrogens with zero attached hydrogens (tertiary/aromatic N) is 1. The number of hydrogen-bond donors (Lipinski definition) is 0. The maximum Gasteiger partial charge on any atom is 0.530 e. The van der Waals surface area contributed by atoms with Gasteiger partial charge in [-0.3, -0.25) is 24.0 Å². The fraction of sp³-hybridized carbons (Fsp3) is 0.581. The lowest BCUT2D eigenvalue weighted by Crippen LogP contribution is -2.25. The van der Waals surface area contributed by atoms with Crippen LogP contribution < -0.4 is 4.52 Å². The highest BCUT2D eigenvalue weighted by molar-refractivity contribution is 7.48. The van der Waals surface area contributed by atoms with Crippen molar-refractivity contribution in [2.75, 3.05) is 40.6 Å². The van der Waals surface area contributed by atoms with E-state index in [-0.39, 0.29) is 42.2 Å². The Bertz CT molecular complexity index is 1150. The number of phosphoric acid groups is 1. The Balaban J connectivity index is 1.70. The SMILES string of the molecule is COC(=O)CCCCCCCCCCCOCC(COP(=O)(OCCc1ccc([N+](=O)[O-])cc1)Oc1ccccc1Cl)OC. The topological polar surface area (TPSA) is 133 Å². The van der Waals surface area contributed by atoms with E-state index in [1.54, 1.807) is 36.4 Å². The third kappa shape index (κ3) is 16.0. The van der Waals surface area contributed by atoms with Gasteiger partial charge in [0.15, 0.2) is 0 Å². The van der Waals surface area contributed by atoms with Crippen molar-refractivity contribution in [2.24, 2.45) is 0 Å². The van der Waals surface area contributed by atoms with Crippen LogP contribution in [0.15, 0.2) is 48.5 Å². The highest BCUT2D eigenvalue weighted by Crippen LogP contribution is 2.51. The largest absolute Gasteiger partial charge is 0.530 e. The van der Waals surface area contributed by atoms with E-state index in [1.807, 2.05) is 0 Å². The zero-order chi connectivity index (χ0) is 32.0. The monoisotopic (exact) mass is 657 g/mol. The number of unbranched alkanes of at least 4 members (excludes halogenated alkanes) is 8. The third-order valence-corrected chi connectivity index (χ3v) is 8.48. The van der Waals surface area contributed by atoms with Gasteiger partial charge in [0, 0.05) is 32.3 Å². The number of halogens is 1. The Morgan fingerprint density at radius 2 is 1.50 bits per heavy atom. The van der Waals surface area contributed by atoms with Gasteiger partial charge < -0.3 is 18.7 Å². The molecule has 0 fully saturated rings. The molecule has 0 amide bonds. The molecule has 0 aliphatic carbocycles. The van der Waals surface area contributed by atoms with Gasteiger partial charge in [-0.1, -0.05) is 80.8 Å². The van der Waals surface area contributed by atoms with Crippen molar-refractivity contribution in [2.45, 2.75) is 76.7 Å². The number of para-hydroxylation sites is 1. The number of rotatable bonds is 25. The van der Waals surface area contributed by atoms with Gasteiger partial charge in [0.1, 0.15) is 11.9 Å².